The summed E-state index contributed by atoms with van der Waals surface area (Å²) in [6.45, 7) is 0. The van der Waals surface area contributed by atoms with Gasteiger partial charge in [-0.1, -0.05) is 0 Å². The molecule has 0 saturated heterocycles. The van der Waals surface area contributed by atoms with Crippen molar-refractivity contribution in [2.24, 2.45) is 0 Å². The normalized spacial score (nSPS) is 11.8. The predicted molar refractivity (Wildman–Crippen MR) is 95.5 cm³/mol. The average Bonchev–Trinajstić information content (AvgIpc) is 2.72. The SMILES string of the molecule is c1cc[c]([Co]([c]2ccccn2)([c]2ccccn2)[c]2ccccn2)nc1. The summed E-state index contributed by atoms with van der Waals surface area (Å²) in [5, 5.41) is 0. The van der Waals surface area contributed by atoms with Gasteiger partial charge in [-0.25, -0.2) is 0 Å². The monoisotopic (exact) mass is 371 g/mol. The van der Waals surface area contributed by atoms with E-state index >= 15 is 0 Å². The van der Waals surface area contributed by atoms with Gasteiger partial charge in [-0.05, 0) is 0 Å². The first-order chi connectivity index (χ1) is 12.4. The Balaban J connectivity index is 2.13. The number of hydrogen-bond donors (Lipinski definition) is 0. The Morgan fingerprint density at radius 2 is 0.680 bits per heavy atom. The van der Waals surface area contributed by atoms with Crippen LogP contribution in [0.5, 0.6) is 0 Å². The number of aromatic nitrogens is 4. The van der Waals surface area contributed by atoms with Crippen molar-refractivity contribution in [1.82, 2.24) is 19.9 Å². The Kier molecular flexibility index (Phi) is 4.33. The molecule has 0 aliphatic heterocycles. The molecule has 5 heteroatoms. The van der Waals surface area contributed by atoms with Gasteiger partial charge >= 0.3 is 149 Å². The van der Waals surface area contributed by atoms with Crippen molar-refractivity contribution in [3.63, 3.8) is 0 Å². The molecule has 0 fully saturated rings. The first kappa shape index (κ1) is 15.6. The Morgan fingerprint density at radius 3 is 0.880 bits per heavy atom. The topological polar surface area (TPSA) is 51.6 Å². The van der Waals surface area contributed by atoms with Crippen molar-refractivity contribution >= 4 is 18.5 Å². The van der Waals surface area contributed by atoms with Gasteiger partial charge in [0, 0.05) is 0 Å². The van der Waals surface area contributed by atoms with E-state index in [1.54, 1.807) is 0 Å². The van der Waals surface area contributed by atoms with E-state index in [4.69, 9.17) is 19.9 Å². The second-order valence-corrected chi connectivity index (χ2v) is 8.71. The van der Waals surface area contributed by atoms with Crippen LogP contribution in [-0.2, 0) is 12.6 Å². The molecule has 0 aromatic carbocycles. The van der Waals surface area contributed by atoms with E-state index in [0.29, 0.717) is 0 Å². The van der Waals surface area contributed by atoms with Crippen molar-refractivity contribution in [3.05, 3.63) is 97.6 Å². The molecule has 0 N–H and O–H groups in total. The minimum absolute atomic E-state index is 0.948. The second kappa shape index (κ2) is 6.92. The van der Waals surface area contributed by atoms with Gasteiger partial charge in [-0.2, -0.15) is 0 Å². The molecule has 0 aliphatic carbocycles. The zero-order valence-corrected chi connectivity index (χ0v) is 14.4. The van der Waals surface area contributed by atoms with Crippen LogP contribution in [0, 0.1) is 0 Å². The van der Waals surface area contributed by atoms with Crippen LogP contribution in [0.4, 0.5) is 0 Å². The standard InChI is InChI=1S/4C5H4N.Co/c4*1-2-4-6-5-3-1;/h4*1-4H;. The molecular weight excluding hydrogens is 355 g/mol. The van der Waals surface area contributed by atoms with E-state index in [9.17, 15) is 0 Å². The molecule has 4 rings (SSSR count). The summed E-state index contributed by atoms with van der Waals surface area (Å²) in [5.41, 5.74) is 0. The van der Waals surface area contributed by atoms with Gasteiger partial charge in [0.1, 0.15) is 0 Å². The molecule has 4 heterocycles. The van der Waals surface area contributed by atoms with E-state index in [-0.39, 0.29) is 0 Å². The molecule has 0 spiro atoms. The van der Waals surface area contributed by atoms with Crippen LogP contribution < -0.4 is 18.5 Å². The van der Waals surface area contributed by atoms with Gasteiger partial charge < -0.3 is 0 Å². The molecule has 4 aromatic heterocycles. The summed E-state index contributed by atoms with van der Waals surface area (Å²) in [7, 11) is 0. The third-order valence-corrected chi connectivity index (χ3v) is 7.92. The quantitative estimate of drug-likeness (QED) is 0.538. The summed E-state index contributed by atoms with van der Waals surface area (Å²) >= 11 is -2.33. The van der Waals surface area contributed by atoms with E-state index < -0.39 is 12.6 Å². The number of hydrogen-bond acceptors (Lipinski definition) is 4. The van der Waals surface area contributed by atoms with E-state index in [1.807, 2.05) is 97.6 Å². The molecular formula is C20H16CoN4. The first-order valence-corrected chi connectivity index (χ1v) is 9.83. The summed E-state index contributed by atoms with van der Waals surface area (Å²) in [5.74, 6) is 0. The van der Waals surface area contributed by atoms with Crippen molar-refractivity contribution < 1.29 is 12.6 Å². The van der Waals surface area contributed by atoms with Crippen LogP contribution in [-0.4, -0.2) is 19.9 Å². The van der Waals surface area contributed by atoms with Crippen molar-refractivity contribution in [3.8, 4) is 0 Å². The fourth-order valence-corrected chi connectivity index (χ4v) is 6.65. The summed E-state index contributed by atoms with van der Waals surface area (Å²) in [6.07, 6.45) is 7.27. The van der Waals surface area contributed by atoms with Crippen LogP contribution in [0.15, 0.2) is 97.6 Å². The van der Waals surface area contributed by atoms with Crippen molar-refractivity contribution in [1.29, 1.82) is 0 Å². The van der Waals surface area contributed by atoms with Crippen molar-refractivity contribution in [2.75, 3.05) is 0 Å². The Labute approximate surface area is 148 Å². The fourth-order valence-electron chi connectivity index (χ4n) is 2.45. The van der Waals surface area contributed by atoms with E-state index in [0.717, 1.165) is 18.5 Å². The molecule has 0 atom stereocenters. The van der Waals surface area contributed by atoms with Crippen molar-refractivity contribution in [2.45, 2.75) is 0 Å². The molecule has 0 amide bonds. The van der Waals surface area contributed by atoms with Crippen LogP contribution >= 0.6 is 0 Å². The third kappa shape index (κ3) is 2.73. The molecule has 125 valence electrons. The van der Waals surface area contributed by atoms with Gasteiger partial charge in [0.2, 0.25) is 0 Å². The maximum absolute atomic E-state index is 4.71. The van der Waals surface area contributed by atoms with Crippen LogP contribution in [0.2, 0.25) is 0 Å². The minimum atomic E-state index is -2.33. The molecule has 0 radical (unpaired) electrons. The zero-order valence-electron chi connectivity index (χ0n) is 13.4. The van der Waals surface area contributed by atoms with Crippen LogP contribution in [0.3, 0.4) is 0 Å². The number of pyridine rings is 4. The average molecular weight is 371 g/mol. The summed E-state index contributed by atoms with van der Waals surface area (Å²) in [6, 6.07) is 23.9. The summed E-state index contributed by atoms with van der Waals surface area (Å²) < 4.78 is 3.79. The van der Waals surface area contributed by atoms with E-state index in [1.165, 1.54) is 0 Å². The van der Waals surface area contributed by atoms with Gasteiger partial charge in [0.25, 0.3) is 0 Å². The third-order valence-electron chi connectivity index (χ3n) is 3.49. The van der Waals surface area contributed by atoms with Gasteiger partial charge in [0.15, 0.2) is 0 Å². The Morgan fingerprint density at radius 1 is 0.400 bits per heavy atom. The molecule has 25 heavy (non-hydrogen) atoms. The zero-order chi connectivity index (χ0) is 17.0. The van der Waals surface area contributed by atoms with Gasteiger partial charge in [-0.3, -0.25) is 0 Å². The fraction of sp³-hybridized carbons (Fsp3) is 0. The van der Waals surface area contributed by atoms with Crippen LogP contribution in [0.1, 0.15) is 0 Å². The molecule has 4 nitrogen and oxygen atoms in total. The van der Waals surface area contributed by atoms with Gasteiger partial charge in [-0.15, -0.1) is 0 Å². The molecule has 0 bridgehead atoms. The Bertz CT molecular complexity index is 769. The molecule has 0 saturated carbocycles. The van der Waals surface area contributed by atoms with Crippen LogP contribution in [0.25, 0.3) is 0 Å². The number of nitrogens with zero attached hydrogens (tertiary/aromatic N) is 4. The predicted octanol–water partition coefficient (Wildman–Crippen LogP) is 1.02. The maximum atomic E-state index is 4.71. The molecule has 4 aromatic rings. The second-order valence-electron chi connectivity index (χ2n) is 5.02. The molecule has 0 aliphatic rings. The van der Waals surface area contributed by atoms with Gasteiger partial charge in [0.05, 0.1) is 0 Å². The molecule has 0 unspecified atom stereocenters. The number of rotatable bonds is 4. The summed E-state index contributed by atoms with van der Waals surface area (Å²) in [4.78, 5) is 18.8. The first-order valence-electron chi connectivity index (χ1n) is 7.75. The van der Waals surface area contributed by atoms with E-state index in [2.05, 4.69) is 0 Å². The Hall–Kier alpha value is -2.89.